The standard InChI is InChI=1S/C24H30N2OS/c27-24(25-18-11-5-2-6-12-18)26-16-15-20-19-13-7-8-14-21(19)28-23(20)22(26)17-9-3-1-4-10-17/h1,3-4,9-10,18,22H,2,5-8,11-16H2,(H,25,27)/t22-/m0/s1. The van der Waals surface area contributed by atoms with Gasteiger partial charge in [-0.05, 0) is 61.6 Å². The number of fused-ring (bicyclic) bond motifs is 3. The summed E-state index contributed by atoms with van der Waals surface area (Å²) >= 11 is 1.99. The molecule has 2 heterocycles. The minimum Gasteiger partial charge on any atom is -0.335 e. The van der Waals surface area contributed by atoms with Gasteiger partial charge in [-0.1, -0.05) is 49.6 Å². The Labute approximate surface area is 172 Å². The smallest absolute Gasteiger partial charge is 0.318 e. The van der Waals surface area contributed by atoms with E-state index in [4.69, 9.17) is 0 Å². The van der Waals surface area contributed by atoms with Crippen molar-refractivity contribution in [1.29, 1.82) is 0 Å². The molecule has 4 heteroatoms. The lowest BCUT2D eigenvalue weighted by molar-refractivity contribution is 0.174. The number of nitrogens with zero attached hydrogens (tertiary/aromatic N) is 1. The highest BCUT2D eigenvalue weighted by atomic mass is 32.1. The Kier molecular flexibility index (Phi) is 5.15. The number of thiophene rings is 1. The van der Waals surface area contributed by atoms with Crippen LogP contribution < -0.4 is 5.32 Å². The average molecular weight is 395 g/mol. The van der Waals surface area contributed by atoms with Crippen LogP contribution in [0.5, 0.6) is 0 Å². The molecule has 0 bridgehead atoms. The number of rotatable bonds is 2. The highest BCUT2D eigenvalue weighted by Gasteiger charge is 2.36. The highest BCUT2D eigenvalue weighted by Crippen LogP contribution is 2.45. The van der Waals surface area contributed by atoms with Gasteiger partial charge in [0.1, 0.15) is 0 Å². The van der Waals surface area contributed by atoms with Crippen LogP contribution in [0.15, 0.2) is 30.3 Å². The fourth-order valence-corrected chi connectivity index (χ4v) is 6.92. The summed E-state index contributed by atoms with van der Waals surface area (Å²) in [6.07, 6.45) is 12.2. The van der Waals surface area contributed by atoms with Crippen LogP contribution in [0.1, 0.15) is 77.4 Å². The SMILES string of the molecule is O=C(NC1CCCCC1)N1CCc2c(sc3c2CCCC3)[C@@H]1c1ccccc1. The molecule has 28 heavy (non-hydrogen) atoms. The molecule has 0 unspecified atom stereocenters. The third kappa shape index (κ3) is 3.36. The van der Waals surface area contributed by atoms with E-state index in [1.54, 1.807) is 16.0 Å². The normalized spacial score (nSPS) is 22.4. The van der Waals surface area contributed by atoms with E-state index in [-0.39, 0.29) is 12.1 Å². The first-order valence-corrected chi connectivity index (χ1v) is 11.9. The van der Waals surface area contributed by atoms with Gasteiger partial charge in [-0.2, -0.15) is 0 Å². The number of carbonyl (C=O) groups excluding carboxylic acids is 1. The quantitative estimate of drug-likeness (QED) is 0.705. The topological polar surface area (TPSA) is 32.3 Å². The molecule has 0 spiro atoms. The number of hydrogen-bond acceptors (Lipinski definition) is 2. The van der Waals surface area contributed by atoms with Crippen molar-refractivity contribution in [2.24, 2.45) is 0 Å². The van der Waals surface area contributed by atoms with Gasteiger partial charge >= 0.3 is 6.03 Å². The van der Waals surface area contributed by atoms with Crippen LogP contribution >= 0.6 is 11.3 Å². The van der Waals surface area contributed by atoms with Gasteiger partial charge in [0.25, 0.3) is 0 Å². The molecule has 2 aliphatic carbocycles. The second kappa shape index (κ2) is 7.90. The van der Waals surface area contributed by atoms with Crippen LogP contribution in [0.25, 0.3) is 0 Å². The van der Waals surface area contributed by atoms with Crippen molar-refractivity contribution in [3.8, 4) is 0 Å². The molecular formula is C24H30N2OS. The second-order valence-corrected chi connectivity index (χ2v) is 9.73. The summed E-state index contributed by atoms with van der Waals surface area (Å²) in [7, 11) is 0. The Balaban J connectivity index is 1.48. The Morgan fingerprint density at radius 3 is 2.54 bits per heavy atom. The number of urea groups is 1. The van der Waals surface area contributed by atoms with E-state index in [0.717, 1.165) is 25.8 Å². The number of hydrogen-bond donors (Lipinski definition) is 1. The first-order valence-electron chi connectivity index (χ1n) is 11.1. The first-order chi connectivity index (χ1) is 13.8. The highest BCUT2D eigenvalue weighted by molar-refractivity contribution is 7.12. The molecule has 1 saturated carbocycles. The number of nitrogens with one attached hydrogen (secondary N) is 1. The minimum atomic E-state index is 0.0733. The maximum absolute atomic E-state index is 13.3. The molecule has 3 aliphatic rings. The monoisotopic (exact) mass is 394 g/mol. The van der Waals surface area contributed by atoms with E-state index < -0.39 is 0 Å². The predicted molar refractivity (Wildman–Crippen MR) is 115 cm³/mol. The van der Waals surface area contributed by atoms with Gasteiger partial charge in [0, 0.05) is 22.3 Å². The lowest BCUT2D eigenvalue weighted by Gasteiger charge is -2.37. The zero-order valence-corrected chi connectivity index (χ0v) is 17.4. The Hall–Kier alpha value is -1.81. The summed E-state index contributed by atoms with van der Waals surface area (Å²) in [4.78, 5) is 18.5. The largest absolute Gasteiger partial charge is 0.335 e. The molecule has 1 aliphatic heterocycles. The molecule has 148 valence electrons. The van der Waals surface area contributed by atoms with Crippen LogP contribution in [0.2, 0.25) is 0 Å². The van der Waals surface area contributed by atoms with E-state index >= 15 is 0 Å². The van der Waals surface area contributed by atoms with E-state index in [1.807, 2.05) is 11.3 Å². The number of amides is 2. The summed E-state index contributed by atoms with van der Waals surface area (Å²) in [6, 6.07) is 11.2. The van der Waals surface area contributed by atoms with Gasteiger partial charge in [0.2, 0.25) is 0 Å². The summed E-state index contributed by atoms with van der Waals surface area (Å²) in [5.41, 5.74) is 4.44. The van der Waals surface area contributed by atoms with Crippen molar-refractivity contribution >= 4 is 17.4 Å². The molecule has 3 nitrogen and oxygen atoms in total. The molecule has 1 atom stereocenters. The van der Waals surface area contributed by atoms with Gasteiger partial charge in [-0.25, -0.2) is 4.79 Å². The first kappa shape index (κ1) is 18.2. The predicted octanol–water partition coefficient (Wildman–Crippen LogP) is 5.62. The molecule has 1 N–H and O–H groups in total. The molecule has 1 fully saturated rings. The van der Waals surface area contributed by atoms with Crippen molar-refractivity contribution in [3.05, 3.63) is 56.8 Å². The molecular weight excluding hydrogens is 364 g/mol. The number of benzene rings is 1. The lowest BCUT2D eigenvalue weighted by Crippen LogP contribution is -2.49. The van der Waals surface area contributed by atoms with Crippen molar-refractivity contribution in [2.75, 3.05) is 6.54 Å². The molecule has 5 rings (SSSR count). The van der Waals surface area contributed by atoms with Crippen molar-refractivity contribution in [2.45, 2.75) is 76.3 Å². The second-order valence-electron chi connectivity index (χ2n) is 8.59. The summed E-state index contributed by atoms with van der Waals surface area (Å²) in [5, 5.41) is 3.37. The lowest BCUT2D eigenvalue weighted by atomic mass is 9.88. The third-order valence-corrected chi connectivity index (χ3v) is 8.17. The van der Waals surface area contributed by atoms with Crippen molar-refractivity contribution < 1.29 is 4.79 Å². The molecule has 0 radical (unpaired) electrons. The van der Waals surface area contributed by atoms with Gasteiger partial charge in [0.15, 0.2) is 0 Å². The third-order valence-electron chi connectivity index (χ3n) is 6.78. The average Bonchev–Trinajstić information content (AvgIpc) is 3.13. The van der Waals surface area contributed by atoms with Crippen LogP contribution in [0.3, 0.4) is 0 Å². The fraction of sp³-hybridized carbons (Fsp3) is 0.542. The Bertz CT molecular complexity index is 838. The fourth-order valence-electron chi connectivity index (χ4n) is 5.34. The summed E-state index contributed by atoms with van der Waals surface area (Å²) < 4.78 is 0. The zero-order chi connectivity index (χ0) is 18.9. The molecule has 1 aromatic heterocycles. The molecule has 0 saturated heterocycles. The zero-order valence-electron chi connectivity index (χ0n) is 16.6. The van der Waals surface area contributed by atoms with Crippen molar-refractivity contribution in [1.82, 2.24) is 10.2 Å². The maximum Gasteiger partial charge on any atom is 0.318 e. The van der Waals surface area contributed by atoms with Crippen LogP contribution in [0.4, 0.5) is 4.79 Å². The van der Waals surface area contributed by atoms with Crippen LogP contribution in [-0.2, 0) is 19.3 Å². The van der Waals surface area contributed by atoms with Gasteiger partial charge in [-0.15, -0.1) is 11.3 Å². The van der Waals surface area contributed by atoms with Crippen molar-refractivity contribution in [3.63, 3.8) is 0 Å². The number of carbonyl (C=O) groups is 1. The minimum absolute atomic E-state index is 0.0733. The number of aryl methyl sites for hydroxylation is 1. The van der Waals surface area contributed by atoms with Gasteiger partial charge < -0.3 is 10.2 Å². The molecule has 1 aromatic carbocycles. The molecule has 2 aromatic rings. The van der Waals surface area contributed by atoms with E-state index in [0.29, 0.717) is 6.04 Å². The summed E-state index contributed by atoms with van der Waals surface area (Å²) in [5.74, 6) is 0. The molecule has 2 amide bonds. The summed E-state index contributed by atoms with van der Waals surface area (Å²) in [6.45, 7) is 0.828. The Morgan fingerprint density at radius 1 is 0.929 bits per heavy atom. The van der Waals surface area contributed by atoms with Crippen LogP contribution in [-0.4, -0.2) is 23.5 Å². The maximum atomic E-state index is 13.3. The van der Waals surface area contributed by atoms with Gasteiger partial charge in [0.05, 0.1) is 6.04 Å². The Morgan fingerprint density at radius 2 is 1.71 bits per heavy atom. The van der Waals surface area contributed by atoms with Crippen LogP contribution in [0, 0.1) is 0 Å². The van der Waals surface area contributed by atoms with E-state index in [2.05, 4.69) is 40.5 Å². The van der Waals surface area contributed by atoms with E-state index in [1.165, 1.54) is 55.4 Å². The van der Waals surface area contributed by atoms with Gasteiger partial charge in [-0.3, -0.25) is 0 Å². The van der Waals surface area contributed by atoms with E-state index in [9.17, 15) is 4.79 Å².